The normalized spacial score (nSPS) is 10.6. The average molecular weight is 361 g/mol. The highest BCUT2D eigenvalue weighted by atomic mass is 35.5. The second-order valence-electron chi connectivity index (χ2n) is 5.10. The Balaban J connectivity index is 2.23. The first-order chi connectivity index (χ1) is 12.0. The maximum atomic E-state index is 12.3. The van der Waals surface area contributed by atoms with E-state index in [2.05, 4.69) is 9.97 Å². The van der Waals surface area contributed by atoms with E-state index in [-0.39, 0.29) is 22.9 Å². The first-order valence-corrected chi connectivity index (χ1v) is 7.59. The highest BCUT2D eigenvalue weighted by Crippen LogP contribution is 2.39. The van der Waals surface area contributed by atoms with E-state index in [9.17, 15) is 9.59 Å². The third-order valence-electron chi connectivity index (χ3n) is 3.45. The Bertz CT molecular complexity index is 1020. The minimum atomic E-state index is -1.15. The molecule has 0 spiro atoms. The van der Waals surface area contributed by atoms with E-state index in [1.165, 1.54) is 19.2 Å². The molecule has 3 aromatic rings. The van der Waals surface area contributed by atoms with Crippen LogP contribution in [0.1, 0.15) is 0 Å². The van der Waals surface area contributed by atoms with Crippen molar-refractivity contribution in [2.24, 2.45) is 0 Å². The number of aromatic nitrogens is 2. The second kappa shape index (κ2) is 6.82. The molecule has 0 aliphatic carbocycles. The highest BCUT2D eigenvalue weighted by Gasteiger charge is 2.18. The number of carbonyl (C=O) groups is 1. The van der Waals surface area contributed by atoms with E-state index < -0.39 is 12.6 Å². The lowest BCUT2D eigenvalue weighted by Crippen LogP contribution is -2.13. The molecule has 8 heteroatoms. The van der Waals surface area contributed by atoms with E-state index in [4.69, 9.17) is 26.2 Å². The van der Waals surface area contributed by atoms with Gasteiger partial charge in [0.1, 0.15) is 5.82 Å². The van der Waals surface area contributed by atoms with Gasteiger partial charge in [0.05, 0.1) is 23.6 Å². The van der Waals surface area contributed by atoms with Crippen molar-refractivity contribution in [3.05, 3.63) is 51.8 Å². The summed E-state index contributed by atoms with van der Waals surface area (Å²) < 4.78 is 10.6. The summed E-state index contributed by atoms with van der Waals surface area (Å²) in [5.74, 6) is -0.583. The van der Waals surface area contributed by atoms with Crippen molar-refractivity contribution in [1.82, 2.24) is 9.97 Å². The lowest BCUT2D eigenvalue weighted by atomic mass is 10.1. The predicted octanol–water partition coefficient (Wildman–Crippen LogP) is 2.72. The minimum Gasteiger partial charge on any atom is -0.493 e. The molecule has 2 aromatic carbocycles. The third kappa shape index (κ3) is 3.41. The molecule has 1 heterocycles. The van der Waals surface area contributed by atoms with Crippen molar-refractivity contribution in [1.29, 1.82) is 0 Å². The van der Waals surface area contributed by atoms with Gasteiger partial charge >= 0.3 is 5.97 Å². The molecule has 1 aromatic heterocycles. The van der Waals surface area contributed by atoms with E-state index in [0.717, 1.165) is 0 Å². The van der Waals surface area contributed by atoms with Crippen molar-refractivity contribution < 1.29 is 19.4 Å². The number of rotatable bonds is 5. The van der Waals surface area contributed by atoms with Gasteiger partial charge in [0.15, 0.2) is 18.1 Å². The van der Waals surface area contributed by atoms with Gasteiger partial charge in [-0.25, -0.2) is 9.78 Å². The molecule has 0 atom stereocenters. The van der Waals surface area contributed by atoms with Gasteiger partial charge in [0.2, 0.25) is 0 Å². The smallest absolute Gasteiger partial charge is 0.341 e. The number of aliphatic carboxylic acids is 1. The van der Waals surface area contributed by atoms with Crippen LogP contribution in [0.4, 0.5) is 0 Å². The van der Waals surface area contributed by atoms with Crippen LogP contribution in [-0.4, -0.2) is 34.8 Å². The van der Waals surface area contributed by atoms with Crippen molar-refractivity contribution in [3.8, 4) is 22.9 Å². The number of fused-ring (bicyclic) bond motifs is 1. The lowest BCUT2D eigenvalue weighted by molar-refractivity contribution is -0.139. The molecule has 0 saturated carbocycles. The summed E-state index contributed by atoms with van der Waals surface area (Å²) in [5.41, 5.74) is 0.488. The largest absolute Gasteiger partial charge is 0.493 e. The maximum absolute atomic E-state index is 12.3. The Morgan fingerprint density at radius 3 is 2.80 bits per heavy atom. The van der Waals surface area contributed by atoms with Gasteiger partial charge in [-0.15, -0.1) is 0 Å². The molecule has 25 heavy (non-hydrogen) atoms. The van der Waals surface area contributed by atoms with Crippen molar-refractivity contribution in [2.45, 2.75) is 0 Å². The second-order valence-corrected chi connectivity index (χ2v) is 5.54. The number of carboxylic acid groups (broad SMARTS) is 1. The molecule has 0 fully saturated rings. The summed E-state index contributed by atoms with van der Waals surface area (Å²) in [4.78, 5) is 30.2. The third-order valence-corrected chi connectivity index (χ3v) is 3.67. The number of para-hydroxylation sites is 1. The monoisotopic (exact) mass is 360 g/mol. The fourth-order valence-electron chi connectivity index (χ4n) is 2.39. The number of benzene rings is 2. The van der Waals surface area contributed by atoms with Crippen LogP contribution >= 0.6 is 11.6 Å². The van der Waals surface area contributed by atoms with Crippen LogP contribution in [0, 0.1) is 0 Å². The number of nitrogens with zero attached hydrogens (tertiary/aromatic N) is 1. The van der Waals surface area contributed by atoms with E-state index in [1.807, 2.05) is 0 Å². The lowest BCUT2D eigenvalue weighted by Gasteiger charge is -2.14. The SMILES string of the molecule is COc1cc(Cl)cc(-c2nc3ccccc3c(=O)[nH]2)c1OCC(=O)O. The molecule has 0 amide bonds. The van der Waals surface area contributed by atoms with Crippen LogP contribution < -0.4 is 15.0 Å². The molecule has 7 nitrogen and oxygen atoms in total. The Hall–Kier alpha value is -3.06. The van der Waals surface area contributed by atoms with Crippen LogP contribution in [0.3, 0.4) is 0 Å². The zero-order chi connectivity index (χ0) is 18.0. The highest BCUT2D eigenvalue weighted by molar-refractivity contribution is 6.31. The Labute approximate surface area is 146 Å². The number of hydrogen-bond acceptors (Lipinski definition) is 5. The standard InChI is InChI=1S/C17H13ClN2O5/c1-24-13-7-9(18)6-11(15(13)25-8-14(21)22)16-19-12-5-3-2-4-10(12)17(23)20-16/h2-7H,8H2,1H3,(H,21,22)(H,19,20,23). The zero-order valence-electron chi connectivity index (χ0n) is 13.1. The number of ether oxygens (including phenoxy) is 2. The van der Waals surface area contributed by atoms with Gasteiger partial charge in [-0.1, -0.05) is 23.7 Å². The quantitative estimate of drug-likeness (QED) is 0.725. The van der Waals surface area contributed by atoms with Crippen LogP contribution in [0.5, 0.6) is 11.5 Å². The molecule has 3 rings (SSSR count). The van der Waals surface area contributed by atoms with E-state index in [0.29, 0.717) is 21.5 Å². The number of H-pyrrole nitrogens is 1. The summed E-state index contributed by atoms with van der Waals surface area (Å²) >= 11 is 6.10. The van der Waals surface area contributed by atoms with Crippen LogP contribution in [0.2, 0.25) is 5.02 Å². The molecule has 0 bridgehead atoms. The number of hydrogen-bond donors (Lipinski definition) is 2. The van der Waals surface area contributed by atoms with Crippen molar-refractivity contribution >= 4 is 28.5 Å². The Morgan fingerprint density at radius 1 is 1.32 bits per heavy atom. The predicted molar refractivity (Wildman–Crippen MR) is 92.5 cm³/mol. The maximum Gasteiger partial charge on any atom is 0.341 e. The van der Waals surface area contributed by atoms with Crippen LogP contribution in [0.25, 0.3) is 22.3 Å². The molecular formula is C17H13ClN2O5. The van der Waals surface area contributed by atoms with Crippen molar-refractivity contribution in [3.63, 3.8) is 0 Å². The number of aromatic amines is 1. The fourth-order valence-corrected chi connectivity index (χ4v) is 2.60. The van der Waals surface area contributed by atoms with Gasteiger partial charge in [0, 0.05) is 11.1 Å². The number of halogens is 1. The van der Waals surface area contributed by atoms with Crippen LogP contribution in [0.15, 0.2) is 41.2 Å². The zero-order valence-corrected chi connectivity index (χ0v) is 13.8. The van der Waals surface area contributed by atoms with Gasteiger partial charge in [-0.2, -0.15) is 0 Å². The molecule has 0 saturated heterocycles. The van der Waals surface area contributed by atoms with Gasteiger partial charge < -0.3 is 19.6 Å². The number of methoxy groups -OCH3 is 1. The van der Waals surface area contributed by atoms with Gasteiger partial charge in [-0.3, -0.25) is 4.79 Å². The Morgan fingerprint density at radius 2 is 2.08 bits per heavy atom. The summed E-state index contributed by atoms with van der Waals surface area (Å²) in [7, 11) is 1.40. The fraction of sp³-hybridized carbons (Fsp3) is 0.118. The summed E-state index contributed by atoms with van der Waals surface area (Å²) in [6.07, 6.45) is 0. The summed E-state index contributed by atoms with van der Waals surface area (Å²) in [5, 5.41) is 9.64. The summed E-state index contributed by atoms with van der Waals surface area (Å²) in [6.45, 7) is -0.581. The number of nitrogens with one attached hydrogen (secondary N) is 1. The average Bonchev–Trinajstić information content (AvgIpc) is 2.59. The van der Waals surface area contributed by atoms with Gasteiger partial charge in [0.25, 0.3) is 5.56 Å². The first-order valence-electron chi connectivity index (χ1n) is 7.21. The van der Waals surface area contributed by atoms with E-state index in [1.54, 1.807) is 24.3 Å². The topological polar surface area (TPSA) is 102 Å². The minimum absolute atomic E-state index is 0.132. The van der Waals surface area contributed by atoms with Gasteiger partial charge in [-0.05, 0) is 18.2 Å². The van der Waals surface area contributed by atoms with E-state index >= 15 is 0 Å². The molecule has 0 aliphatic heterocycles. The van der Waals surface area contributed by atoms with Crippen LogP contribution in [-0.2, 0) is 4.79 Å². The molecule has 128 valence electrons. The molecular weight excluding hydrogens is 348 g/mol. The molecule has 0 radical (unpaired) electrons. The molecule has 0 aliphatic rings. The first kappa shape index (κ1) is 16.8. The van der Waals surface area contributed by atoms with Crippen molar-refractivity contribution in [2.75, 3.05) is 13.7 Å². The number of carboxylic acids is 1. The molecule has 0 unspecified atom stereocenters. The summed E-state index contributed by atoms with van der Waals surface area (Å²) in [6, 6.07) is 9.87. The Kier molecular flexibility index (Phi) is 4.58. The molecule has 2 N–H and O–H groups in total.